The van der Waals surface area contributed by atoms with Crippen LogP contribution in [0.15, 0.2) is 121 Å². The maximum absolute atomic E-state index is 11.7. The van der Waals surface area contributed by atoms with Crippen molar-refractivity contribution < 1.29 is 27.9 Å². The van der Waals surface area contributed by atoms with E-state index in [-0.39, 0.29) is 43.3 Å². The third-order valence-corrected chi connectivity index (χ3v) is 17.9. The van der Waals surface area contributed by atoms with Crippen LogP contribution in [0.3, 0.4) is 0 Å². The molecular formula is C68H94O6P2+2. The SMILES string of the molecule is CC(C)(C)c1ccc(O[P+](O)(O)c2ccc(-c3ccc([P+](Oc4ccc(C(C)(C)C)cc4C(C)(C)C)(Oc4ccc(C(C)(C)C)cc4C(C)(C)C)Oc4ccc(C(C)(C)C)cc4C(C)(C)C)cc3)cc2)c(C(C)(C)C)c1. The zero-order valence-corrected chi connectivity index (χ0v) is 52.8. The van der Waals surface area contributed by atoms with Gasteiger partial charge in [-0.25, -0.2) is 0 Å². The predicted molar refractivity (Wildman–Crippen MR) is 327 cm³/mol. The number of hydrogen-bond acceptors (Lipinski definition) is 6. The molecule has 6 aromatic rings. The molecule has 0 amide bonds. The molecule has 6 aromatic carbocycles. The molecule has 0 aliphatic carbocycles. The molecule has 0 heterocycles. The molecular weight excluding hydrogens is 975 g/mol. The third-order valence-electron chi connectivity index (χ3n) is 14.2. The van der Waals surface area contributed by atoms with Crippen LogP contribution in [0.1, 0.15) is 211 Å². The summed E-state index contributed by atoms with van der Waals surface area (Å²) in [5.74, 6) is 2.56. The van der Waals surface area contributed by atoms with Crippen LogP contribution in [0.5, 0.6) is 23.0 Å². The van der Waals surface area contributed by atoms with Gasteiger partial charge in [0.25, 0.3) is 0 Å². The van der Waals surface area contributed by atoms with Crippen molar-refractivity contribution in [1.29, 1.82) is 0 Å². The molecule has 0 aliphatic rings. The molecule has 0 fully saturated rings. The van der Waals surface area contributed by atoms with Crippen LogP contribution in [0.2, 0.25) is 0 Å². The highest BCUT2D eigenvalue weighted by Gasteiger charge is 2.56. The molecule has 0 unspecified atom stereocenters. The van der Waals surface area contributed by atoms with Crippen molar-refractivity contribution in [2.45, 2.75) is 209 Å². The van der Waals surface area contributed by atoms with Crippen LogP contribution in [0, 0.1) is 0 Å². The topological polar surface area (TPSA) is 77.4 Å². The first-order valence-electron chi connectivity index (χ1n) is 27.2. The zero-order chi connectivity index (χ0) is 57.2. The largest absolute Gasteiger partial charge is 0.580 e. The van der Waals surface area contributed by atoms with Gasteiger partial charge in [-0.2, -0.15) is 9.79 Å². The molecule has 0 saturated carbocycles. The Morgan fingerprint density at radius 1 is 0.263 bits per heavy atom. The van der Waals surface area contributed by atoms with Gasteiger partial charge in [-0.1, -0.05) is 239 Å². The highest BCUT2D eigenvalue weighted by Crippen LogP contribution is 2.63. The molecule has 6 nitrogen and oxygen atoms in total. The quantitative estimate of drug-likeness (QED) is 0.126. The molecule has 0 atom stereocenters. The van der Waals surface area contributed by atoms with Crippen LogP contribution in [-0.2, 0) is 43.3 Å². The van der Waals surface area contributed by atoms with Crippen molar-refractivity contribution in [3.63, 3.8) is 0 Å². The molecule has 0 saturated heterocycles. The van der Waals surface area contributed by atoms with E-state index < -0.39 is 15.9 Å². The standard InChI is InChI=1S/C68H94O6P2/c1-61(2,3)47-29-37-57(53(41-47)65(13,14)15)71-75(69,70)51-33-25-45(26-34-51)46-27-35-52(36-28-46)76(72-58-38-30-48(62(4,5)6)42-54(58)66(16,17)18,73-59-39-31-49(63(7,8)9)43-55(59)67(19,20)21)74-60-40-32-50(64(10,11)12)44-56(60)68(22,23)24/h25-44,69-70H,1-24H3/q+2. The van der Waals surface area contributed by atoms with Crippen LogP contribution in [0.4, 0.5) is 0 Å². The minimum absolute atomic E-state index is 0.0794. The Kier molecular flexibility index (Phi) is 16.6. The Bertz CT molecular complexity index is 2810. The smallest absolute Gasteiger partial charge is 0.281 e. The van der Waals surface area contributed by atoms with E-state index in [0.29, 0.717) is 28.3 Å². The van der Waals surface area contributed by atoms with Crippen LogP contribution in [-0.4, -0.2) is 9.79 Å². The Hall–Kier alpha value is -4.70. The van der Waals surface area contributed by atoms with Gasteiger partial charge < -0.3 is 0 Å². The second kappa shape index (κ2) is 20.8. The van der Waals surface area contributed by atoms with Gasteiger partial charge in [-0.3, -0.25) is 18.1 Å². The van der Waals surface area contributed by atoms with Crippen molar-refractivity contribution in [3.05, 3.63) is 166 Å². The highest BCUT2D eigenvalue weighted by atomic mass is 31.2. The Labute approximate surface area is 461 Å². The van der Waals surface area contributed by atoms with E-state index in [9.17, 15) is 9.79 Å². The van der Waals surface area contributed by atoms with E-state index >= 15 is 0 Å². The highest BCUT2D eigenvalue weighted by molar-refractivity contribution is 7.70. The van der Waals surface area contributed by atoms with Crippen molar-refractivity contribution >= 4 is 26.5 Å². The summed E-state index contributed by atoms with van der Waals surface area (Å²) in [7, 11) is -7.80. The molecule has 2 N–H and O–H groups in total. The first-order valence-corrected chi connectivity index (χ1v) is 30.4. The fraction of sp³-hybridized carbons (Fsp3) is 0.471. The molecule has 0 bridgehead atoms. The fourth-order valence-corrected chi connectivity index (χ4v) is 12.4. The van der Waals surface area contributed by atoms with Crippen molar-refractivity contribution in [3.8, 4) is 34.1 Å². The van der Waals surface area contributed by atoms with Gasteiger partial charge in [-0.15, -0.1) is 0 Å². The predicted octanol–water partition coefficient (Wildman–Crippen LogP) is 18.8. The summed E-state index contributed by atoms with van der Waals surface area (Å²) in [6.07, 6.45) is 0. The zero-order valence-electron chi connectivity index (χ0n) is 51.0. The lowest BCUT2D eigenvalue weighted by atomic mass is 9.80. The fourth-order valence-electron chi connectivity index (χ4n) is 9.13. The van der Waals surface area contributed by atoms with Gasteiger partial charge in [0.2, 0.25) is 5.30 Å². The normalized spacial score (nSPS) is 13.7. The van der Waals surface area contributed by atoms with E-state index in [2.05, 4.69) is 251 Å². The van der Waals surface area contributed by atoms with Crippen LogP contribution >= 0.6 is 15.9 Å². The second-order valence-corrected chi connectivity index (χ2v) is 33.2. The number of hydrogen-bond donors (Lipinski definition) is 2. The summed E-state index contributed by atoms with van der Waals surface area (Å²) in [5.41, 5.74) is 9.09. The Morgan fingerprint density at radius 2 is 0.487 bits per heavy atom. The molecule has 0 aromatic heterocycles. The molecule has 0 radical (unpaired) electrons. The molecule has 6 rings (SSSR count). The monoisotopic (exact) mass is 1070 g/mol. The lowest BCUT2D eigenvalue weighted by molar-refractivity contribution is 0.349. The van der Waals surface area contributed by atoms with Gasteiger partial charge in [0.05, 0.1) is 0 Å². The average Bonchev–Trinajstić information content (AvgIpc) is 3.26. The first kappa shape index (κ1) is 60.5. The summed E-state index contributed by atoms with van der Waals surface area (Å²) in [6.45, 7) is 53.1. The summed E-state index contributed by atoms with van der Waals surface area (Å²) in [6, 6.07) is 41.4. The Morgan fingerprint density at radius 3 is 0.711 bits per heavy atom. The summed E-state index contributed by atoms with van der Waals surface area (Å²) in [4.78, 5) is 23.4. The van der Waals surface area contributed by atoms with Gasteiger partial charge >= 0.3 is 15.9 Å². The molecule has 0 aliphatic heterocycles. The summed E-state index contributed by atoms with van der Waals surface area (Å²) in [5, 5.41) is 1.07. The van der Waals surface area contributed by atoms with Gasteiger partial charge in [0.15, 0.2) is 28.3 Å². The summed E-state index contributed by atoms with van der Waals surface area (Å²) >= 11 is 0. The van der Waals surface area contributed by atoms with Gasteiger partial charge in [0, 0.05) is 22.3 Å². The summed E-state index contributed by atoms with van der Waals surface area (Å²) < 4.78 is 29.5. The Balaban J connectivity index is 1.57. The minimum Gasteiger partial charge on any atom is -0.281 e. The second-order valence-electron chi connectivity index (χ2n) is 29.3. The van der Waals surface area contributed by atoms with Crippen LogP contribution < -0.4 is 28.7 Å². The maximum Gasteiger partial charge on any atom is 0.580 e. The third kappa shape index (κ3) is 14.1. The average molecular weight is 1070 g/mol. The lowest BCUT2D eigenvalue weighted by Gasteiger charge is -2.32. The lowest BCUT2D eigenvalue weighted by Crippen LogP contribution is -2.29. The molecule has 76 heavy (non-hydrogen) atoms. The molecule has 410 valence electrons. The van der Waals surface area contributed by atoms with E-state index in [1.54, 1.807) is 12.1 Å². The van der Waals surface area contributed by atoms with Gasteiger partial charge in [-0.05, 0) is 125 Å². The van der Waals surface area contributed by atoms with E-state index in [1.807, 2.05) is 24.3 Å². The molecule has 0 spiro atoms. The van der Waals surface area contributed by atoms with E-state index in [0.717, 1.165) is 44.2 Å². The number of rotatable bonds is 11. The van der Waals surface area contributed by atoms with Gasteiger partial charge in [0.1, 0.15) is 0 Å². The van der Waals surface area contributed by atoms with E-state index in [1.165, 1.54) is 16.7 Å². The van der Waals surface area contributed by atoms with E-state index in [4.69, 9.17) is 18.1 Å². The van der Waals surface area contributed by atoms with Crippen molar-refractivity contribution in [2.75, 3.05) is 0 Å². The van der Waals surface area contributed by atoms with Crippen molar-refractivity contribution in [2.24, 2.45) is 0 Å². The molecule has 8 heteroatoms. The maximum atomic E-state index is 11.7. The van der Waals surface area contributed by atoms with Crippen molar-refractivity contribution in [1.82, 2.24) is 0 Å². The minimum atomic E-state index is -4.04. The van der Waals surface area contributed by atoms with Crippen LogP contribution in [0.25, 0.3) is 11.1 Å². The number of benzene rings is 6. The first-order chi connectivity index (χ1) is 34.4.